The summed E-state index contributed by atoms with van der Waals surface area (Å²) in [4.78, 5) is 0. The van der Waals surface area contributed by atoms with Crippen LogP contribution in [0.5, 0.6) is 11.5 Å². The predicted molar refractivity (Wildman–Crippen MR) is 87.7 cm³/mol. The summed E-state index contributed by atoms with van der Waals surface area (Å²) < 4.78 is 13.5. The van der Waals surface area contributed by atoms with Gasteiger partial charge in [-0.3, -0.25) is 0 Å². The molecular weight excluding hydrogens is 400 g/mol. The van der Waals surface area contributed by atoms with Crippen molar-refractivity contribution in [3.8, 4) is 11.5 Å². The van der Waals surface area contributed by atoms with Gasteiger partial charge in [0, 0.05) is 22.0 Å². The maximum atomic E-state index is 9.41. The van der Waals surface area contributed by atoms with E-state index in [0.717, 1.165) is 38.8 Å². The van der Waals surface area contributed by atoms with Crippen LogP contribution in [-0.4, -0.2) is 11.7 Å². The Morgan fingerprint density at radius 2 is 2.05 bits per heavy atom. The molecular formula is C16H14Br2O3. The number of hydrogen-bond donors (Lipinski definition) is 1. The zero-order chi connectivity index (χ0) is 14.8. The summed E-state index contributed by atoms with van der Waals surface area (Å²) in [5, 5.41) is 9.41. The number of halogens is 2. The van der Waals surface area contributed by atoms with Gasteiger partial charge in [-0.1, -0.05) is 28.1 Å². The number of fused-ring (bicyclic) bond motifs is 1. The van der Waals surface area contributed by atoms with E-state index >= 15 is 0 Å². The van der Waals surface area contributed by atoms with Crippen LogP contribution in [0.25, 0.3) is 0 Å². The zero-order valence-electron chi connectivity index (χ0n) is 11.2. The largest absolute Gasteiger partial charge is 0.493 e. The third kappa shape index (κ3) is 3.10. The summed E-state index contributed by atoms with van der Waals surface area (Å²) in [6, 6.07) is 9.73. The first-order valence-corrected chi connectivity index (χ1v) is 8.23. The van der Waals surface area contributed by atoms with Crippen molar-refractivity contribution < 1.29 is 14.6 Å². The second-order valence-corrected chi connectivity index (χ2v) is 6.60. The maximum absolute atomic E-state index is 9.41. The molecule has 0 bridgehead atoms. The molecule has 0 unspecified atom stereocenters. The molecule has 5 heteroatoms. The number of aliphatic hydroxyl groups is 1. The molecule has 0 atom stereocenters. The van der Waals surface area contributed by atoms with Crippen LogP contribution in [0.15, 0.2) is 39.3 Å². The average Bonchev–Trinajstić information content (AvgIpc) is 2.93. The summed E-state index contributed by atoms with van der Waals surface area (Å²) in [5.41, 5.74) is 2.98. The summed E-state index contributed by atoms with van der Waals surface area (Å²) in [6.45, 7) is 1.06. The Morgan fingerprint density at radius 1 is 1.19 bits per heavy atom. The van der Waals surface area contributed by atoms with Crippen LogP contribution in [-0.2, 0) is 19.6 Å². The van der Waals surface area contributed by atoms with Gasteiger partial charge in [-0.05, 0) is 39.7 Å². The molecule has 0 aromatic heterocycles. The van der Waals surface area contributed by atoms with Crippen LogP contribution in [0.2, 0.25) is 0 Å². The SMILES string of the molecule is OCc1cccc(Br)c1OCc1cc(Br)cc2c1OCC2. The van der Waals surface area contributed by atoms with Crippen molar-refractivity contribution >= 4 is 31.9 Å². The first-order valence-electron chi connectivity index (χ1n) is 6.64. The first kappa shape index (κ1) is 14.9. The number of benzene rings is 2. The molecule has 0 radical (unpaired) electrons. The monoisotopic (exact) mass is 412 g/mol. The van der Waals surface area contributed by atoms with Gasteiger partial charge in [-0.25, -0.2) is 0 Å². The lowest BCUT2D eigenvalue weighted by molar-refractivity contribution is 0.255. The fourth-order valence-corrected chi connectivity index (χ4v) is 3.52. The number of rotatable bonds is 4. The molecule has 3 nitrogen and oxygen atoms in total. The van der Waals surface area contributed by atoms with Gasteiger partial charge in [0.1, 0.15) is 18.1 Å². The second kappa shape index (κ2) is 6.38. The van der Waals surface area contributed by atoms with E-state index in [1.165, 1.54) is 5.56 Å². The molecule has 2 aromatic carbocycles. The Labute approximate surface area is 140 Å². The molecule has 0 aliphatic carbocycles. The van der Waals surface area contributed by atoms with Crippen LogP contribution in [0.4, 0.5) is 0 Å². The lowest BCUT2D eigenvalue weighted by Gasteiger charge is -2.14. The molecule has 0 amide bonds. The van der Waals surface area contributed by atoms with Gasteiger partial charge in [0.15, 0.2) is 0 Å². The lowest BCUT2D eigenvalue weighted by atomic mass is 10.1. The molecule has 0 saturated carbocycles. The molecule has 21 heavy (non-hydrogen) atoms. The van der Waals surface area contributed by atoms with Gasteiger partial charge in [0.2, 0.25) is 0 Å². The summed E-state index contributed by atoms with van der Waals surface area (Å²) in [7, 11) is 0. The topological polar surface area (TPSA) is 38.7 Å². The van der Waals surface area contributed by atoms with Gasteiger partial charge >= 0.3 is 0 Å². The summed E-state index contributed by atoms with van der Waals surface area (Å²) in [5.74, 6) is 1.60. The van der Waals surface area contributed by atoms with Crippen molar-refractivity contribution in [2.45, 2.75) is 19.6 Å². The standard InChI is InChI=1S/C16H14Br2O3/c17-13-6-10-4-5-20-15(10)12(7-13)9-21-16-11(8-19)2-1-3-14(16)18/h1-3,6-7,19H,4-5,8-9H2. The quantitative estimate of drug-likeness (QED) is 0.815. The highest BCUT2D eigenvalue weighted by Crippen LogP contribution is 2.35. The molecule has 0 spiro atoms. The van der Waals surface area contributed by atoms with E-state index in [2.05, 4.69) is 37.9 Å². The fraction of sp³-hybridized carbons (Fsp3) is 0.250. The van der Waals surface area contributed by atoms with Crippen molar-refractivity contribution in [1.29, 1.82) is 0 Å². The highest BCUT2D eigenvalue weighted by atomic mass is 79.9. The molecule has 0 fully saturated rings. The van der Waals surface area contributed by atoms with Crippen molar-refractivity contribution in [2.75, 3.05) is 6.61 Å². The molecule has 0 saturated heterocycles. The molecule has 1 N–H and O–H groups in total. The van der Waals surface area contributed by atoms with Crippen molar-refractivity contribution in [2.24, 2.45) is 0 Å². The number of ether oxygens (including phenoxy) is 2. The third-order valence-corrected chi connectivity index (χ3v) is 4.50. The van der Waals surface area contributed by atoms with E-state index in [0.29, 0.717) is 12.4 Å². The predicted octanol–water partition coefficient (Wildman–Crippen LogP) is 4.22. The van der Waals surface area contributed by atoms with Crippen LogP contribution >= 0.6 is 31.9 Å². The Hall–Kier alpha value is -1.04. The van der Waals surface area contributed by atoms with Crippen LogP contribution in [0.3, 0.4) is 0 Å². The van der Waals surface area contributed by atoms with E-state index in [1.807, 2.05) is 24.3 Å². The molecule has 1 heterocycles. The van der Waals surface area contributed by atoms with Gasteiger partial charge in [-0.15, -0.1) is 0 Å². The van der Waals surface area contributed by atoms with Gasteiger partial charge in [0.25, 0.3) is 0 Å². The number of para-hydroxylation sites is 1. The normalized spacial score (nSPS) is 12.9. The van der Waals surface area contributed by atoms with E-state index in [1.54, 1.807) is 0 Å². The molecule has 3 rings (SSSR count). The number of hydrogen-bond acceptors (Lipinski definition) is 3. The van der Waals surface area contributed by atoms with E-state index < -0.39 is 0 Å². The first-order chi connectivity index (χ1) is 10.2. The minimum atomic E-state index is -0.0537. The van der Waals surface area contributed by atoms with Crippen LogP contribution in [0, 0.1) is 0 Å². The molecule has 1 aliphatic heterocycles. The molecule has 1 aliphatic rings. The van der Waals surface area contributed by atoms with E-state index in [4.69, 9.17) is 9.47 Å². The van der Waals surface area contributed by atoms with Crippen molar-refractivity contribution in [3.63, 3.8) is 0 Å². The van der Waals surface area contributed by atoms with Crippen LogP contribution < -0.4 is 9.47 Å². The lowest BCUT2D eigenvalue weighted by Crippen LogP contribution is -2.01. The summed E-state index contributed by atoms with van der Waals surface area (Å²) >= 11 is 6.99. The Balaban J connectivity index is 1.86. The Morgan fingerprint density at radius 3 is 2.86 bits per heavy atom. The highest BCUT2D eigenvalue weighted by molar-refractivity contribution is 9.10. The molecule has 110 valence electrons. The maximum Gasteiger partial charge on any atom is 0.139 e. The Kier molecular flexibility index (Phi) is 4.52. The number of aliphatic hydroxyl groups excluding tert-OH is 1. The van der Waals surface area contributed by atoms with Crippen molar-refractivity contribution in [1.82, 2.24) is 0 Å². The smallest absolute Gasteiger partial charge is 0.139 e. The van der Waals surface area contributed by atoms with Gasteiger partial charge < -0.3 is 14.6 Å². The third-order valence-electron chi connectivity index (χ3n) is 3.42. The van der Waals surface area contributed by atoms with E-state index in [9.17, 15) is 5.11 Å². The minimum Gasteiger partial charge on any atom is -0.493 e. The minimum absolute atomic E-state index is 0.0537. The summed E-state index contributed by atoms with van der Waals surface area (Å²) in [6.07, 6.45) is 0.929. The Bertz CT molecular complexity index is 671. The highest BCUT2D eigenvalue weighted by Gasteiger charge is 2.18. The van der Waals surface area contributed by atoms with E-state index in [-0.39, 0.29) is 6.61 Å². The zero-order valence-corrected chi connectivity index (χ0v) is 14.4. The molecule has 2 aromatic rings. The van der Waals surface area contributed by atoms with Gasteiger partial charge in [-0.2, -0.15) is 0 Å². The second-order valence-electron chi connectivity index (χ2n) is 4.83. The average molecular weight is 414 g/mol. The van der Waals surface area contributed by atoms with Gasteiger partial charge in [0.05, 0.1) is 17.7 Å². The van der Waals surface area contributed by atoms with Crippen LogP contribution in [0.1, 0.15) is 16.7 Å². The van der Waals surface area contributed by atoms with Crippen molar-refractivity contribution in [3.05, 3.63) is 56.0 Å². The fourth-order valence-electron chi connectivity index (χ4n) is 2.44.